The number of hydrogen-bond donors (Lipinski definition) is 0. The summed E-state index contributed by atoms with van der Waals surface area (Å²) in [5, 5.41) is 2.96. The lowest BCUT2D eigenvalue weighted by atomic mass is 10.1. The van der Waals surface area contributed by atoms with Crippen molar-refractivity contribution >= 4 is 18.4 Å². The summed E-state index contributed by atoms with van der Waals surface area (Å²) in [6.07, 6.45) is 5.79. The van der Waals surface area contributed by atoms with E-state index in [1.54, 1.807) is 0 Å². The molecule has 0 aliphatic rings. The SMILES string of the molecule is C=CCc1ccc([Si](C)(C)c2ccc(CC=C)cc2)cc1. The van der Waals surface area contributed by atoms with Crippen LogP contribution in [0.3, 0.4) is 0 Å². The molecule has 0 amide bonds. The van der Waals surface area contributed by atoms with Crippen molar-refractivity contribution in [2.45, 2.75) is 25.9 Å². The fourth-order valence-corrected chi connectivity index (χ4v) is 4.95. The fraction of sp³-hybridized carbons (Fsp3) is 0.200. The van der Waals surface area contributed by atoms with E-state index in [9.17, 15) is 0 Å². The van der Waals surface area contributed by atoms with E-state index in [0.29, 0.717) is 0 Å². The van der Waals surface area contributed by atoms with Gasteiger partial charge in [-0.15, -0.1) is 13.2 Å². The minimum absolute atomic E-state index is 0.943. The zero-order valence-corrected chi connectivity index (χ0v) is 14.1. The minimum Gasteiger partial charge on any atom is -0.103 e. The zero-order chi connectivity index (χ0) is 15.3. The predicted octanol–water partition coefficient (Wildman–Crippen LogP) is 3.97. The van der Waals surface area contributed by atoms with Gasteiger partial charge in [-0.3, -0.25) is 0 Å². The van der Waals surface area contributed by atoms with Crippen LogP contribution in [0.2, 0.25) is 13.1 Å². The Labute approximate surface area is 129 Å². The van der Waals surface area contributed by atoms with Gasteiger partial charge in [0.15, 0.2) is 0 Å². The van der Waals surface area contributed by atoms with Crippen LogP contribution < -0.4 is 10.4 Å². The van der Waals surface area contributed by atoms with E-state index in [4.69, 9.17) is 0 Å². The molecule has 0 bridgehead atoms. The molecule has 0 saturated carbocycles. The van der Waals surface area contributed by atoms with Crippen molar-refractivity contribution in [2.24, 2.45) is 0 Å². The Morgan fingerprint density at radius 2 is 1.05 bits per heavy atom. The molecule has 0 aliphatic heterocycles. The van der Waals surface area contributed by atoms with Crippen molar-refractivity contribution in [3.8, 4) is 0 Å². The predicted molar refractivity (Wildman–Crippen MR) is 97.4 cm³/mol. The Morgan fingerprint density at radius 3 is 1.33 bits per heavy atom. The van der Waals surface area contributed by atoms with Gasteiger partial charge in [0.1, 0.15) is 8.07 Å². The Morgan fingerprint density at radius 1 is 0.714 bits per heavy atom. The first-order valence-corrected chi connectivity index (χ1v) is 10.5. The van der Waals surface area contributed by atoms with Crippen LogP contribution in [-0.2, 0) is 12.8 Å². The van der Waals surface area contributed by atoms with E-state index in [-0.39, 0.29) is 0 Å². The second-order valence-electron chi connectivity index (χ2n) is 6.00. The van der Waals surface area contributed by atoms with E-state index in [2.05, 4.69) is 74.8 Å². The van der Waals surface area contributed by atoms with Crippen LogP contribution in [-0.4, -0.2) is 8.07 Å². The second kappa shape index (κ2) is 6.73. The number of benzene rings is 2. The van der Waals surface area contributed by atoms with E-state index < -0.39 is 8.07 Å². The maximum absolute atomic E-state index is 3.80. The molecule has 0 fully saturated rings. The molecule has 2 aromatic rings. The first-order chi connectivity index (χ1) is 10.1. The summed E-state index contributed by atoms with van der Waals surface area (Å²) in [7, 11) is -1.60. The highest BCUT2D eigenvalue weighted by Crippen LogP contribution is 2.09. The third-order valence-corrected chi connectivity index (χ3v) is 7.66. The van der Waals surface area contributed by atoms with E-state index in [0.717, 1.165) is 12.8 Å². The summed E-state index contributed by atoms with van der Waals surface area (Å²) < 4.78 is 0. The average molecular weight is 292 g/mol. The number of hydrogen-bond acceptors (Lipinski definition) is 0. The molecule has 2 rings (SSSR count). The van der Waals surface area contributed by atoms with E-state index >= 15 is 0 Å². The highest BCUT2D eigenvalue weighted by atomic mass is 28.3. The van der Waals surface area contributed by atoms with Crippen LogP contribution in [0.1, 0.15) is 11.1 Å². The van der Waals surface area contributed by atoms with Crippen molar-refractivity contribution in [2.75, 3.05) is 0 Å². The molecule has 0 N–H and O–H groups in total. The molecule has 0 atom stereocenters. The molecule has 1 heteroatoms. The van der Waals surface area contributed by atoms with Gasteiger partial charge >= 0.3 is 0 Å². The lowest BCUT2D eigenvalue weighted by Crippen LogP contribution is -2.52. The third kappa shape index (κ3) is 3.62. The quantitative estimate of drug-likeness (QED) is 0.558. The molecule has 108 valence electrons. The molecule has 0 spiro atoms. The summed E-state index contributed by atoms with van der Waals surface area (Å²) in [4.78, 5) is 0. The van der Waals surface area contributed by atoms with Gasteiger partial charge in [-0.1, -0.05) is 84.2 Å². The normalized spacial score (nSPS) is 11.1. The summed E-state index contributed by atoms with van der Waals surface area (Å²) in [6.45, 7) is 12.4. The zero-order valence-electron chi connectivity index (χ0n) is 13.1. The van der Waals surface area contributed by atoms with Crippen molar-refractivity contribution in [1.29, 1.82) is 0 Å². The van der Waals surface area contributed by atoms with E-state index in [1.165, 1.54) is 21.5 Å². The smallest absolute Gasteiger partial charge is 0.103 e. The van der Waals surface area contributed by atoms with Gasteiger partial charge < -0.3 is 0 Å². The van der Waals surface area contributed by atoms with Crippen molar-refractivity contribution < 1.29 is 0 Å². The summed E-state index contributed by atoms with van der Waals surface area (Å²) >= 11 is 0. The van der Waals surface area contributed by atoms with E-state index in [1.807, 2.05) is 12.2 Å². The highest BCUT2D eigenvalue weighted by Gasteiger charge is 2.25. The first kappa shape index (κ1) is 15.5. The minimum atomic E-state index is -1.60. The largest absolute Gasteiger partial charge is 0.112 e. The Hall–Kier alpha value is -1.86. The summed E-state index contributed by atoms with van der Waals surface area (Å²) in [5.74, 6) is 0. The van der Waals surface area contributed by atoms with Crippen LogP contribution in [0, 0.1) is 0 Å². The summed E-state index contributed by atoms with van der Waals surface area (Å²) in [6, 6.07) is 18.1. The van der Waals surface area contributed by atoms with Crippen molar-refractivity contribution in [3.63, 3.8) is 0 Å². The second-order valence-corrected chi connectivity index (χ2v) is 10.4. The lowest BCUT2D eigenvalue weighted by molar-refractivity contribution is 1.28. The fourth-order valence-electron chi connectivity index (χ4n) is 2.61. The van der Waals surface area contributed by atoms with Crippen molar-refractivity contribution in [1.82, 2.24) is 0 Å². The lowest BCUT2D eigenvalue weighted by Gasteiger charge is -2.24. The summed E-state index contributed by atoms with van der Waals surface area (Å²) in [5.41, 5.74) is 2.67. The van der Waals surface area contributed by atoms with Gasteiger partial charge in [0, 0.05) is 0 Å². The standard InChI is InChI=1S/C20H24Si/c1-5-7-17-9-13-19(14-10-17)21(3,4)20-15-11-18(8-6-2)12-16-20/h5-6,9-16H,1-2,7-8H2,3-4H3. The number of rotatable bonds is 6. The van der Waals surface area contributed by atoms with Gasteiger partial charge in [-0.05, 0) is 24.0 Å². The first-order valence-electron chi connectivity index (χ1n) is 7.48. The van der Waals surface area contributed by atoms with Gasteiger partial charge in [0.2, 0.25) is 0 Å². The molecule has 2 aromatic carbocycles. The Bertz CT molecular complexity index is 548. The molecule has 0 unspecified atom stereocenters. The molecule has 0 aliphatic carbocycles. The molecular weight excluding hydrogens is 268 g/mol. The van der Waals surface area contributed by atoms with Crippen molar-refractivity contribution in [3.05, 3.63) is 85.0 Å². The molecule has 0 aromatic heterocycles. The van der Waals surface area contributed by atoms with Crippen LogP contribution in [0.15, 0.2) is 73.8 Å². The van der Waals surface area contributed by atoms with Crippen LogP contribution in [0.5, 0.6) is 0 Å². The highest BCUT2D eigenvalue weighted by molar-refractivity contribution is 7.00. The van der Waals surface area contributed by atoms with Gasteiger partial charge in [-0.2, -0.15) is 0 Å². The Kier molecular flexibility index (Phi) is 4.97. The molecular formula is C20H24Si. The number of allylic oxidation sites excluding steroid dienone is 2. The van der Waals surface area contributed by atoms with Crippen LogP contribution in [0.25, 0.3) is 0 Å². The van der Waals surface area contributed by atoms with Crippen LogP contribution >= 0.6 is 0 Å². The molecule has 0 heterocycles. The average Bonchev–Trinajstić information content (AvgIpc) is 2.49. The van der Waals surface area contributed by atoms with Gasteiger partial charge in [0.25, 0.3) is 0 Å². The third-order valence-electron chi connectivity index (χ3n) is 4.11. The van der Waals surface area contributed by atoms with Crippen LogP contribution in [0.4, 0.5) is 0 Å². The molecule has 0 radical (unpaired) electrons. The molecule has 0 saturated heterocycles. The monoisotopic (exact) mass is 292 g/mol. The Balaban J connectivity index is 2.27. The molecule has 21 heavy (non-hydrogen) atoms. The van der Waals surface area contributed by atoms with Gasteiger partial charge in [-0.25, -0.2) is 0 Å². The topological polar surface area (TPSA) is 0 Å². The molecule has 0 nitrogen and oxygen atoms in total. The maximum Gasteiger partial charge on any atom is 0.112 e. The van der Waals surface area contributed by atoms with Gasteiger partial charge in [0.05, 0.1) is 0 Å². The maximum atomic E-state index is 3.80.